The van der Waals surface area contributed by atoms with E-state index in [1.54, 1.807) is 11.3 Å². The van der Waals surface area contributed by atoms with Crippen molar-refractivity contribution >= 4 is 11.3 Å². The molecule has 0 aromatic carbocycles. The first-order valence-electron chi connectivity index (χ1n) is 6.61. The van der Waals surface area contributed by atoms with Crippen LogP contribution in [0.25, 0.3) is 0 Å². The van der Waals surface area contributed by atoms with Crippen molar-refractivity contribution in [1.29, 1.82) is 0 Å². The third kappa shape index (κ3) is 3.30. The second-order valence-electron chi connectivity index (χ2n) is 5.63. The van der Waals surface area contributed by atoms with Crippen LogP contribution in [0.5, 0.6) is 0 Å². The summed E-state index contributed by atoms with van der Waals surface area (Å²) in [4.78, 5) is 2.65. The average molecular weight is 252 g/mol. The first-order valence-corrected chi connectivity index (χ1v) is 7.55. The number of nitrogens with one attached hydrogen (secondary N) is 1. The Morgan fingerprint density at radius 1 is 1.53 bits per heavy atom. The van der Waals surface area contributed by atoms with Crippen molar-refractivity contribution < 1.29 is 0 Å². The molecular weight excluding hydrogens is 228 g/mol. The van der Waals surface area contributed by atoms with Crippen LogP contribution in [0.3, 0.4) is 0 Å². The maximum absolute atomic E-state index is 3.64. The summed E-state index contributed by atoms with van der Waals surface area (Å²) in [6.07, 6.45) is 2.41. The summed E-state index contributed by atoms with van der Waals surface area (Å²) >= 11 is 1.80. The van der Waals surface area contributed by atoms with E-state index < -0.39 is 0 Å². The van der Waals surface area contributed by atoms with E-state index in [4.69, 9.17) is 0 Å². The van der Waals surface area contributed by atoms with Gasteiger partial charge in [0.05, 0.1) is 0 Å². The number of thiophene rings is 1. The molecule has 0 amide bonds. The lowest BCUT2D eigenvalue weighted by Crippen LogP contribution is -2.62. The van der Waals surface area contributed by atoms with Gasteiger partial charge in [0.25, 0.3) is 0 Å². The van der Waals surface area contributed by atoms with Crippen LogP contribution in [0.2, 0.25) is 0 Å². The Hall–Kier alpha value is -0.380. The molecule has 1 aliphatic rings. The fourth-order valence-corrected chi connectivity index (χ4v) is 3.15. The Morgan fingerprint density at radius 3 is 3.00 bits per heavy atom. The van der Waals surface area contributed by atoms with Gasteiger partial charge in [-0.05, 0) is 49.1 Å². The van der Waals surface area contributed by atoms with Crippen molar-refractivity contribution in [3.63, 3.8) is 0 Å². The number of piperazine rings is 1. The highest BCUT2D eigenvalue weighted by atomic mass is 32.1. The minimum Gasteiger partial charge on any atom is -0.311 e. The zero-order valence-electron chi connectivity index (χ0n) is 11.2. The molecule has 1 fully saturated rings. The summed E-state index contributed by atoms with van der Waals surface area (Å²) in [7, 11) is 0. The van der Waals surface area contributed by atoms with Gasteiger partial charge in [0.1, 0.15) is 0 Å². The quantitative estimate of drug-likeness (QED) is 0.886. The van der Waals surface area contributed by atoms with Crippen LogP contribution in [0.4, 0.5) is 0 Å². The smallest absolute Gasteiger partial charge is 0.0278 e. The third-order valence-corrected chi connectivity index (χ3v) is 4.60. The Balaban J connectivity index is 1.92. The van der Waals surface area contributed by atoms with E-state index in [1.807, 2.05) is 0 Å². The monoisotopic (exact) mass is 252 g/mol. The number of nitrogens with zero attached hydrogens (tertiary/aromatic N) is 1. The van der Waals surface area contributed by atoms with Crippen LogP contribution in [-0.4, -0.2) is 36.1 Å². The Morgan fingerprint density at radius 2 is 2.35 bits per heavy atom. The van der Waals surface area contributed by atoms with Gasteiger partial charge >= 0.3 is 0 Å². The van der Waals surface area contributed by atoms with E-state index in [0.717, 1.165) is 6.54 Å². The third-order valence-electron chi connectivity index (χ3n) is 3.86. The van der Waals surface area contributed by atoms with Crippen molar-refractivity contribution in [2.75, 3.05) is 19.6 Å². The average Bonchev–Trinajstić information content (AvgIpc) is 2.80. The summed E-state index contributed by atoms with van der Waals surface area (Å²) in [6.45, 7) is 10.4. The number of rotatable bonds is 4. The molecule has 1 N–H and O–H groups in total. The Kier molecular flexibility index (Phi) is 4.23. The van der Waals surface area contributed by atoms with Gasteiger partial charge in [-0.1, -0.05) is 6.92 Å². The van der Waals surface area contributed by atoms with E-state index in [1.165, 1.54) is 31.5 Å². The molecule has 2 rings (SSSR count). The molecule has 0 bridgehead atoms. The highest BCUT2D eigenvalue weighted by Crippen LogP contribution is 2.20. The summed E-state index contributed by atoms with van der Waals surface area (Å²) < 4.78 is 0. The number of hydrogen-bond donors (Lipinski definition) is 1. The molecule has 0 radical (unpaired) electrons. The lowest BCUT2D eigenvalue weighted by molar-refractivity contribution is 0.0664. The topological polar surface area (TPSA) is 15.3 Å². The van der Waals surface area contributed by atoms with E-state index in [-0.39, 0.29) is 0 Å². The maximum Gasteiger partial charge on any atom is 0.0278 e. The fraction of sp³-hybridized carbons (Fsp3) is 0.714. The summed E-state index contributed by atoms with van der Waals surface area (Å²) in [5, 5.41) is 8.09. The first-order chi connectivity index (χ1) is 8.12. The standard InChI is InChI=1S/C14H24N2S/c1-4-13-9-16(14(2,3)11-15-13)7-5-12-6-8-17-10-12/h6,8,10,13,15H,4-5,7,9,11H2,1-3H3. The van der Waals surface area contributed by atoms with E-state index in [9.17, 15) is 0 Å². The molecule has 1 aromatic heterocycles. The molecule has 1 aromatic rings. The zero-order chi connectivity index (χ0) is 12.3. The summed E-state index contributed by atoms with van der Waals surface area (Å²) in [5.74, 6) is 0. The molecular formula is C14H24N2S. The van der Waals surface area contributed by atoms with Gasteiger partial charge in [0.2, 0.25) is 0 Å². The van der Waals surface area contributed by atoms with Crippen molar-refractivity contribution in [1.82, 2.24) is 10.2 Å². The molecule has 0 saturated carbocycles. The van der Waals surface area contributed by atoms with Gasteiger partial charge in [-0.15, -0.1) is 0 Å². The van der Waals surface area contributed by atoms with E-state index in [2.05, 4.69) is 47.8 Å². The van der Waals surface area contributed by atoms with Crippen LogP contribution in [0.1, 0.15) is 32.8 Å². The highest BCUT2D eigenvalue weighted by Gasteiger charge is 2.32. The molecule has 2 heterocycles. The predicted octanol–water partition coefficient (Wildman–Crippen LogP) is 2.75. The summed E-state index contributed by atoms with van der Waals surface area (Å²) in [5.41, 5.74) is 1.78. The lowest BCUT2D eigenvalue weighted by atomic mass is 9.96. The van der Waals surface area contributed by atoms with Gasteiger partial charge in [0.15, 0.2) is 0 Å². The van der Waals surface area contributed by atoms with E-state index >= 15 is 0 Å². The largest absolute Gasteiger partial charge is 0.311 e. The van der Waals surface area contributed by atoms with Crippen LogP contribution in [0.15, 0.2) is 16.8 Å². The van der Waals surface area contributed by atoms with Gasteiger partial charge in [-0.2, -0.15) is 11.3 Å². The number of hydrogen-bond acceptors (Lipinski definition) is 3. The molecule has 3 heteroatoms. The molecule has 1 unspecified atom stereocenters. The van der Waals surface area contributed by atoms with Gasteiger partial charge in [-0.3, -0.25) is 4.90 Å². The Labute approximate surface area is 109 Å². The molecule has 1 atom stereocenters. The molecule has 96 valence electrons. The molecule has 1 aliphatic heterocycles. The SMILES string of the molecule is CCC1CN(CCc2ccsc2)C(C)(C)CN1. The second kappa shape index (κ2) is 5.51. The normalized spacial score (nSPS) is 25.0. The van der Waals surface area contributed by atoms with E-state index in [0.29, 0.717) is 11.6 Å². The maximum atomic E-state index is 3.64. The Bertz CT molecular complexity index is 332. The molecule has 2 nitrogen and oxygen atoms in total. The zero-order valence-corrected chi connectivity index (χ0v) is 12.0. The van der Waals surface area contributed by atoms with Gasteiger partial charge in [-0.25, -0.2) is 0 Å². The minimum absolute atomic E-state index is 0.293. The molecule has 0 aliphatic carbocycles. The van der Waals surface area contributed by atoms with Crippen molar-refractivity contribution in [2.24, 2.45) is 0 Å². The fourth-order valence-electron chi connectivity index (χ4n) is 2.45. The minimum atomic E-state index is 0.293. The van der Waals surface area contributed by atoms with Crippen molar-refractivity contribution in [3.8, 4) is 0 Å². The molecule has 17 heavy (non-hydrogen) atoms. The molecule has 1 saturated heterocycles. The first kappa shape index (κ1) is 13.1. The van der Waals surface area contributed by atoms with Crippen molar-refractivity contribution in [2.45, 2.75) is 45.2 Å². The van der Waals surface area contributed by atoms with Gasteiger partial charge < -0.3 is 5.32 Å². The van der Waals surface area contributed by atoms with Gasteiger partial charge in [0, 0.05) is 31.2 Å². The van der Waals surface area contributed by atoms with Crippen LogP contribution < -0.4 is 5.32 Å². The molecule has 0 spiro atoms. The summed E-state index contributed by atoms with van der Waals surface area (Å²) in [6, 6.07) is 2.92. The predicted molar refractivity (Wildman–Crippen MR) is 75.8 cm³/mol. The van der Waals surface area contributed by atoms with Crippen LogP contribution in [0, 0.1) is 0 Å². The highest BCUT2D eigenvalue weighted by molar-refractivity contribution is 7.07. The van der Waals surface area contributed by atoms with Crippen LogP contribution >= 0.6 is 11.3 Å². The van der Waals surface area contributed by atoms with Crippen molar-refractivity contribution in [3.05, 3.63) is 22.4 Å². The lowest BCUT2D eigenvalue weighted by Gasteiger charge is -2.46. The second-order valence-corrected chi connectivity index (χ2v) is 6.41. The van der Waals surface area contributed by atoms with Crippen LogP contribution in [-0.2, 0) is 6.42 Å².